The molecule has 0 amide bonds. The van der Waals surface area contributed by atoms with Crippen LogP contribution in [0.25, 0.3) is 0 Å². The normalized spacial score (nSPS) is 17.5. The van der Waals surface area contributed by atoms with Crippen LogP contribution in [0, 0.1) is 5.92 Å². The van der Waals surface area contributed by atoms with Gasteiger partial charge in [-0.25, -0.2) is 0 Å². The molecule has 0 radical (unpaired) electrons. The molecular formula is C18H29NO. The van der Waals surface area contributed by atoms with Gasteiger partial charge in [0, 0.05) is 13.2 Å². The van der Waals surface area contributed by atoms with E-state index in [1.165, 1.54) is 49.7 Å². The zero-order valence-electron chi connectivity index (χ0n) is 13.0. The molecule has 1 N–H and O–H groups in total. The molecule has 1 aromatic carbocycles. The van der Waals surface area contributed by atoms with E-state index in [-0.39, 0.29) is 0 Å². The molecule has 0 heterocycles. The first-order valence-electron chi connectivity index (χ1n) is 8.08. The van der Waals surface area contributed by atoms with Crippen molar-refractivity contribution < 1.29 is 4.74 Å². The van der Waals surface area contributed by atoms with Crippen LogP contribution in [0.5, 0.6) is 0 Å². The fourth-order valence-corrected chi connectivity index (χ4v) is 3.32. The Morgan fingerprint density at radius 1 is 1.20 bits per heavy atom. The number of benzene rings is 1. The maximum absolute atomic E-state index is 5.13. The highest BCUT2D eigenvalue weighted by Crippen LogP contribution is 2.31. The van der Waals surface area contributed by atoms with Gasteiger partial charge in [-0.15, -0.1) is 0 Å². The second-order valence-electron chi connectivity index (χ2n) is 6.05. The summed E-state index contributed by atoms with van der Waals surface area (Å²) >= 11 is 0. The molecule has 1 aliphatic rings. The van der Waals surface area contributed by atoms with Crippen LogP contribution in [0.3, 0.4) is 0 Å². The molecule has 1 atom stereocenters. The van der Waals surface area contributed by atoms with E-state index in [0.717, 1.165) is 18.9 Å². The second kappa shape index (κ2) is 8.43. The van der Waals surface area contributed by atoms with E-state index in [1.54, 1.807) is 7.11 Å². The fraction of sp³-hybridized carbons (Fsp3) is 0.667. The molecule has 1 saturated carbocycles. The van der Waals surface area contributed by atoms with Crippen LogP contribution in [0.2, 0.25) is 0 Å². The quantitative estimate of drug-likeness (QED) is 0.771. The van der Waals surface area contributed by atoms with Crippen molar-refractivity contribution in [3.05, 3.63) is 35.4 Å². The Morgan fingerprint density at radius 2 is 1.90 bits per heavy atom. The van der Waals surface area contributed by atoms with Gasteiger partial charge < -0.3 is 10.1 Å². The summed E-state index contributed by atoms with van der Waals surface area (Å²) < 4.78 is 5.13. The van der Waals surface area contributed by atoms with E-state index in [0.29, 0.717) is 6.04 Å². The summed E-state index contributed by atoms with van der Waals surface area (Å²) in [6.45, 7) is 0.802. The third-order valence-electron chi connectivity index (χ3n) is 4.66. The first-order chi connectivity index (χ1) is 9.83. The minimum atomic E-state index is 0.507. The zero-order chi connectivity index (χ0) is 14.2. The maximum Gasteiger partial charge on any atom is 0.0502 e. The third-order valence-corrected chi connectivity index (χ3v) is 4.66. The molecule has 0 aliphatic heterocycles. The molecule has 0 bridgehead atoms. The molecule has 2 heteroatoms. The molecule has 0 aromatic heterocycles. The van der Waals surface area contributed by atoms with E-state index in [1.807, 2.05) is 0 Å². The average Bonchev–Trinajstić information content (AvgIpc) is 3.00. The van der Waals surface area contributed by atoms with Crippen molar-refractivity contribution in [1.29, 1.82) is 0 Å². The average molecular weight is 275 g/mol. The lowest BCUT2D eigenvalue weighted by Crippen LogP contribution is -2.17. The number of ether oxygens (including phenoxy) is 1. The molecular weight excluding hydrogens is 246 g/mol. The SMILES string of the molecule is CNC(CCC1CCCC1)c1ccc(CCOC)cc1. The highest BCUT2D eigenvalue weighted by atomic mass is 16.5. The Balaban J connectivity index is 1.85. The van der Waals surface area contributed by atoms with Crippen molar-refractivity contribution in [2.24, 2.45) is 5.92 Å². The van der Waals surface area contributed by atoms with Crippen LogP contribution in [-0.4, -0.2) is 20.8 Å². The molecule has 1 aliphatic carbocycles. The molecule has 112 valence electrons. The number of rotatable bonds is 8. The van der Waals surface area contributed by atoms with Gasteiger partial charge in [-0.3, -0.25) is 0 Å². The fourth-order valence-electron chi connectivity index (χ4n) is 3.32. The van der Waals surface area contributed by atoms with Gasteiger partial charge in [0.05, 0.1) is 6.61 Å². The number of methoxy groups -OCH3 is 1. The summed E-state index contributed by atoms with van der Waals surface area (Å²) in [7, 11) is 3.84. The molecule has 20 heavy (non-hydrogen) atoms. The van der Waals surface area contributed by atoms with E-state index >= 15 is 0 Å². The molecule has 2 rings (SSSR count). The number of hydrogen-bond acceptors (Lipinski definition) is 2. The first-order valence-corrected chi connectivity index (χ1v) is 8.08. The smallest absolute Gasteiger partial charge is 0.0502 e. The summed E-state index contributed by atoms with van der Waals surface area (Å²) in [4.78, 5) is 0. The minimum absolute atomic E-state index is 0.507. The van der Waals surface area contributed by atoms with Crippen molar-refractivity contribution >= 4 is 0 Å². The van der Waals surface area contributed by atoms with Gasteiger partial charge in [0.15, 0.2) is 0 Å². The standard InChI is InChI=1S/C18H29NO/c1-19-18(12-9-15-5-3-4-6-15)17-10-7-16(8-11-17)13-14-20-2/h7-8,10-11,15,18-19H,3-6,9,12-14H2,1-2H3. The van der Waals surface area contributed by atoms with Crippen molar-refractivity contribution in [1.82, 2.24) is 5.32 Å². The highest BCUT2D eigenvalue weighted by Gasteiger charge is 2.17. The Bertz CT molecular complexity index is 368. The van der Waals surface area contributed by atoms with E-state index in [4.69, 9.17) is 4.74 Å². The van der Waals surface area contributed by atoms with Crippen LogP contribution >= 0.6 is 0 Å². The molecule has 0 spiro atoms. The largest absolute Gasteiger partial charge is 0.384 e. The lowest BCUT2D eigenvalue weighted by molar-refractivity contribution is 0.202. The number of nitrogens with one attached hydrogen (secondary N) is 1. The Kier molecular flexibility index (Phi) is 6.55. The summed E-state index contributed by atoms with van der Waals surface area (Å²) in [5, 5.41) is 3.48. The zero-order valence-corrected chi connectivity index (χ0v) is 13.0. The Hall–Kier alpha value is -0.860. The van der Waals surface area contributed by atoms with E-state index in [9.17, 15) is 0 Å². The monoisotopic (exact) mass is 275 g/mol. The lowest BCUT2D eigenvalue weighted by atomic mass is 9.94. The predicted octanol–water partition coefficient (Wildman–Crippen LogP) is 4.11. The lowest BCUT2D eigenvalue weighted by Gasteiger charge is -2.19. The number of hydrogen-bond donors (Lipinski definition) is 1. The van der Waals surface area contributed by atoms with Crippen molar-refractivity contribution in [2.75, 3.05) is 20.8 Å². The summed E-state index contributed by atoms with van der Waals surface area (Å²) in [6, 6.07) is 9.55. The van der Waals surface area contributed by atoms with Gasteiger partial charge >= 0.3 is 0 Å². The Morgan fingerprint density at radius 3 is 2.50 bits per heavy atom. The third kappa shape index (κ3) is 4.60. The first kappa shape index (κ1) is 15.5. The minimum Gasteiger partial charge on any atom is -0.384 e. The van der Waals surface area contributed by atoms with Crippen molar-refractivity contribution in [3.8, 4) is 0 Å². The molecule has 0 saturated heterocycles. The van der Waals surface area contributed by atoms with Crippen molar-refractivity contribution in [2.45, 2.75) is 51.0 Å². The van der Waals surface area contributed by atoms with Gasteiger partial charge in [0.1, 0.15) is 0 Å². The van der Waals surface area contributed by atoms with Gasteiger partial charge in [0.25, 0.3) is 0 Å². The van der Waals surface area contributed by atoms with Crippen LogP contribution in [0.4, 0.5) is 0 Å². The van der Waals surface area contributed by atoms with Crippen LogP contribution in [0.15, 0.2) is 24.3 Å². The van der Waals surface area contributed by atoms with Gasteiger partial charge in [-0.1, -0.05) is 49.9 Å². The summed E-state index contributed by atoms with van der Waals surface area (Å²) in [6.07, 6.45) is 9.43. The molecule has 2 nitrogen and oxygen atoms in total. The van der Waals surface area contributed by atoms with Crippen LogP contribution in [0.1, 0.15) is 55.7 Å². The Labute approximate surface area is 123 Å². The highest BCUT2D eigenvalue weighted by molar-refractivity contribution is 5.25. The molecule has 1 aromatic rings. The van der Waals surface area contributed by atoms with E-state index in [2.05, 4.69) is 36.6 Å². The van der Waals surface area contributed by atoms with Gasteiger partial charge in [-0.05, 0) is 43.4 Å². The topological polar surface area (TPSA) is 21.3 Å². The van der Waals surface area contributed by atoms with E-state index < -0.39 is 0 Å². The van der Waals surface area contributed by atoms with Crippen LogP contribution < -0.4 is 5.32 Å². The second-order valence-corrected chi connectivity index (χ2v) is 6.05. The molecule has 1 fully saturated rings. The maximum atomic E-state index is 5.13. The van der Waals surface area contributed by atoms with Crippen LogP contribution in [-0.2, 0) is 11.2 Å². The van der Waals surface area contributed by atoms with Gasteiger partial charge in [-0.2, -0.15) is 0 Å². The predicted molar refractivity (Wildman–Crippen MR) is 85.0 cm³/mol. The molecule has 1 unspecified atom stereocenters. The summed E-state index contributed by atoms with van der Waals surface area (Å²) in [5.74, 6) is 0.979. The van der Waals surface area contributed by atoms with Crippen molar-refractivity contribution in [3.63, 3.8) is 0 Å². The van der Waals surface area contributed by atoms with Gasteiger partial charge in [0.2, 0.25) is 0 Å². The summed E-state index contributed by atoms with van der Waals surface area (Å²) in [5.41, 5.74) is 2.79.